The number of carbonyl (C=O) groups excluding carboxylic acids is 1. The summed E-state index contributed by atoms with van der Waals surface area (Å²) in [4.78, 5) is 20.7. The lowest BCUT2D eigenvalue weighted by Crippen LogP contribution is -2.41. The summed E-state index contributed by atoms with van der Waals surface area (Å²) in [5.41, 5.74) is 2.26. The van der Waals surface area contributed by atoms with Gasteiger partial charge < -0.3 is 9.84 Å². The zero-order valence-corrected chi connectivity index (χ0v) is 18.5. The Morgan fingerprint density at radius 2 is 2.10 bits per heavy atom. The molecule has 2 aromatic heterocycles. The molecule has 1 aromatic carbocycles. The van der Waals surface area contributed by atoms with Gasteiger partial charge in [-0.3, -0.25) is 9.69 Å². The van der Waals surface area contributed by atoms with Gasteiger partial charge in [0.25, 0.3) is 0 Å². The zero-order valence-electron chi connectivity index (χ0n) is 17.7. The zero-order chi connectivity index (χ0) is 21.3. The number of nitrogens with zero attached hydrogens (tertiary/aromatic N) is 4. The molecular weight excluding hydrogens is 400 g/mol. The number of esters is 1. The summed E-state index contributed by atoms with van der Waals surface area (Å²) in [5.74, 6) is 0.563. The van der Waals surface area contributed by atoms with E-state index in [2.05, 4.69) is 46.2 Å². The summed E-state index contributed by atoms with van der Waals surface area (Å²) in [5, 5.41) is 15.5. The summed E-state index contributed by atoms with van der Waals surface area (Å²) in [6, 6.07) is 8.19. The van der Waals surface area contributed by atoms with E-state index in [0.717, 1.165) is 42.1 Å². The fraction of sp³-hybridized carbons (Fsp3) is 0.500. The van der Waals surface area contributed by atoms with Crippen molar-refractivity contribution in [3.05, 3.63) is 46.1 Å². The van der Waals surface area contributed by atoms with Crippen LogP contribution in [-0.2, 0) is 16.0 Å². The van der Waals surface area contributed by atoms with E-state index in [0.29, 0.717) is 18.1 Å². The molecule has 30 heavy (non-hydrogen) atoms. The lowest BCUT2D eigenvalue weighted by molar-refractivity contribution is -0.150. The van der Waals surface area contributed by atoms with Gasteiger partial charge in [0.2, 0.25) is 10.8 Å². The number of likely N-dealkylation sites (tertiary alicyclic amines) is 1. The van der Waals surface area contributed by atoms with Crippen molar-refractivity contribution in [1.82, 2.24) is 19.5 Å². The molecular formula is C22H28N4O3S. The second kappa shape index (κ2) is 8.73. The molecule has 7 nitrogen and oxygen atoms in total. The van der Waals surface area contributed by atoms with Gasteiger partial charge in [-0.25, -0.2) is 4.98 Å². The third-order valence-electron chi connectivity index (χ3n) is 5.64. The highest BCUT2D eigenvalue weighted by Crippen LogP contribution is 2.41. The molecule has 0 spiro atoms. The van der Waals surface area contributed by atoms with Crippen molar-refractivity contribution in [2.75, 3.05) is 19.7 Å². The highest BCUT2D eigenvalue weighted by atomic mass is 32.1. The highest BCUT2D eigenvalue weighted by Gasteiger charge is 2.35. The predicted molar refractivity (Wildman–Crippen MR) is 116 cm³/mol. The molecule has 0 aliphatic carbocycles. The van der Waals surface area contributed by atoms with Crippen molar-refractivity contribution in [1.29, 1.82) is 0 Å². The number of ether oxygens (including phenoxy) is 1. The standard InChI is InChI=1S/C22H28N4O3S/c1-4-17-23-22-26(24-17)20(27)19(30-22)18(15-10-8-14(3)9-11-15)25-12-6-7-16(13-25)21(28)29-5-2/h8-11,16,18,27H,4-7,12-13H2,1-3H3/t16-,18-/m1/s1. The van der Waals surface area contributed by atoms with E-state index in [1.165, 1.54) is 21.4 Å². The van der Waals surface area contributed by atoms with Crippen LogP contribution in [0.1, 0.15) is 54.6 Å². The first-order valence-corrected chi connectivity index (χ1v) is 11.4. The van der Waals surface area contributed by atoms with Gasteiger partial charge in [-0.15, -0.1) is 5.10 Å². The Labute approximate surface area is 180 Å². The largest absolute Gasteiger partial charge is 0.492 e. The first-order valence-electron chi connectivity index (χ1n) is 10.6. The SMILES string of the molecule is CCOC(=O)[C@@H]1CCCN([C@H](c2ccc(C)cc2)c2sc3nc(CC)nn3c2O)C1. The second-order valence-corrected chi connectivity index (χ2v) is 8.77. The third kappa shape index (κ3) is 3.94. The van der Waals surface area contributed by atoms with Gasteiger partial charge in [0.15, 0.2) is 5.82 Å². The van der Waals surface area contributed by atoms with E-state index < -0.39 is 0 Å². The van der Waals surface area contributed by atoms with E-state index in [1.54, 1.807) is 0 Å². The first-order chi connectivity index (χ1) is 14.5. The fourth-order valence-corrected chi connectivity index (χ4v) is 5.22. The topological polar surface area (TPSA) is 80.0 Å². The van der Waals surface area contributed by atoms with Crippen molar-refractivity contribution >= 4 is 22.3 Å². The molecule has 3 aromatic rings. The van der Waals surface area contributed by atoms with Crippen molar-refractivity contribution in [2.45, 2.75) is 46.1 Å². The highest BCUT2D eigenvalue weighted by molar-refractivity contribution is 7.17. The van der Waals surface area contributed by atoms with Gasteiger partial charge in [0, 0.05) is 13.0 Å². The summed E-state index contributed by atoms with van der Waals surface area (Å²) in [6.07, 6.45) is 2.46. The van der Waals surface area contributed by atoms with Crippen LogP contribution < -0.4 is 0 Å². The van der Waals surface area contributed by atoms with Crippen LogP contribution in [0.3, 0.4) is 0 Å². The van der Waals surface area contributed by atoms with Crippen LogP contribution in [0.15, 0.2) is 24.3 Å². The molecule has 1 fully saturated rings. The van der Waals surface area contributed by atoms with Crippen LogP contribution in [0.25, 0.3) is 4.96 Å². The third-order valence-corrected chi connectivity index (χ3v) is 6.71. The number of benzene rings is 1. The summed E-state index contributed by atoms with van der Waals surface area (Å²) in [6.45, 7) is 7.74. The number of hydrogen-bond donors (Lipinski definition) is 1. The molecule has 1 N–H and O–H groups in total. The number of piperidine rings is 1. The molecule has 2 atom stereocenters. The Hall–Kier alpha value is -2.45. The minimum Gasteiger partial charge on any atom is -0.492 e. The number of carbonyl (C=O) groups is 1. The summed E-state index contributed by atoms with van der Waals surface area (Å²) in [7, 11) is 0. The molecule has 1 aliphatic heterocycles. The van der Waals surface area contributed by atoms with E-state index in [4.69, 9.17) is 4.74 Å². The predicted octanol–water partition coefficient (Wildman–Crippen LogP) is 3.73. The average Bonchev–Trinajstić information content (AvgIpc) is 3.29. The van der Waals surface area contributed by atoms with Crippen LogP contribution in [-0.4, -0.2) is 50.3 Å². The Kier molecular flexibility index (Phi) is 6.06. The van der Waals surface area contributed by atoms with Crippen LogP contribution in [0.5, 0.6) is 5.88 Å². The average molecular weight is 429 g/mol. The maximum Gasteiger partial charge on any atom is 0.310 e. The van der Waals surface area contributed by atoms with Crippen molar-refractivity contribution in [3.8, 4) is 5.88 Å². The normalized spacial score (nSPS) is 18.6. The van der Waals surface area contributed by atoms with Gasteiger partial charge in [-0.05, 0) is 38.8 Å². The second-order valence-electron chi connectivity index (χ2n) is 7.77. The Morgan fingerprint density at radius 3 is 2.77 bits per heavy atom. The summed E-state index contributed by atoms with van der Waals surface area (Å²) >= 11 is 1.46. The quantitative estimate of drug-likeness (QED) is 0.603. The Morgan fingerprint density at radius 1 is 1.33 bits per heavy atom. The minimum atomic E-state index is -0.165. The van der Waals surface area contributed by atoms with Gasteiger partial charge in [0.1, 0.15) is 0 Å². The molecule has 3 heterocycles. The molecule has 1 saturated heterocycles. The number of aryl methyl sites for hydroxylation is 2. The number of aromatic nitrogens is 3. The van der Waals surface area contributed by atoms with Crippen LogP contribution in [0, 0.1) is 12.8 Å². The smallest absolute Gasteiger partial charge is 0.310 e. The number of aromatic hydroxyl groups is 1. The number of rotatable bonds is 6. The summed E-state index contributed by atoms with van der Waals surface area (Å²) < 4.78 is 6.82. The van der Waals surface area contributed by atoms with E-state index in [9.17, 15) is 9.90 Å². The lowest BCUT2D eigenvalue weighted by Gasteiger charge is -2.37. The van der Waals surface area contributed by atoms with Gasteiger partial charge in [-0.2, -0.15) is 4.52 Å². The van der Waals surface area contributed by atoms with Crippen molar-refractivity contribution < 1.29 is 14.6 Å². The Balaban J connectivity index is 1.73. The monoisotopic (exact) mass is 428 g/mol. The molecule has 0 bridgehead atoms. The lowest BCUT2D eigenvalue weighted by atomic mass is 9.94. The molecule has 0 amide bonds. The van der Waals surface area contributed by atoms with Crippen LogP contribution in [0.4, 0.5) is 0 Å². The molecule has 1 aliphatic rings. The Bertz CT molecular complexity index is 1030. The molecule has 4 rings (SSSR count). The van der Waals surface area contributed by atoms with Crippen molar-refractivity contribution in [3.63, 3.8) is 0 Å². The number of hydrogen-bond acceptors (Lipinski definition) is 7. The minimum absolute atomic E-state index is 0.131. The molecule has 160 valence electrons. The van der Waals surface area contributed by atoms with Gasteiger partial charge in [-0.1, -0.05) is 48.1 Å². The molecule has 0 unspecified atom stereocenters. The first kappa shape index (κ1) is 20.8. The van der Waals surface area contributed by atoms with Crippen molar-refractivity contribution in [2.24, 2.45) is 5.92 Å². The van der Waals surface area contributed by atoms with Gasteiger partial charge in [0.05, 0.1) is 23.4 Å². The fourth-order valence-electron chi connectivity index (χ4n) is 4.09. The molecule has 8 heteroatoms. The van der Waals surface area contributed by atoms with E-state index >= 15 is 0 Å². The van der Waals surface area contributed by atoms with Crippen LogP contribution >= 0.6 is 11.3 Å². The van der Waals surface area contributed by atoms with Gasteiger partial charge >= 0.3 is 5.97 Å². The molecule has 0 saturated carbocycles. The maximum atomic E-state index is 12.4. The van der Waals surface area contributed by atoms with E-state index in [1.807, 2.05) is 13.8 Å². The van der Waals surface area contributed by atoms with E-state index in [-0.39, 0.29) is 23.8 Å². The van der Waals surface area contributed by atoms with Crippen LogP contribution in [0.2, 0.25) is 0 Å². The number of fused-ring (bicyclic) bond motifs is 1. The molecule has 0 radical (unpaired) electrons. The number of thiazole rings is 1. The maximum absolute atomic E-state index is 12.4.